The number of rotatable bonds is 4. The lowest BCUT2D eigenvalue weighted by Gasteiger charge is -2.40. The van der Waals surface area contributed by atoms with Crippen molar-refractivity contribution in [1.29, 1.82) is 0 Å². The smallest absolute Gasteiger partial charge is 0.280 e. The van der Waals surface area contributed by atoms with Gasteiger partial charge < -0.3 is 19.6 Å². The average Bonchev–Trinajstić information content (AvgIpc) is 2.79. The van der Waals surface area contributed by atoms with Crippen LogP contribution in [0.25, 0.3) is 0 Å². The Labute approximate surface area is 168 Å². The minimum atomic E-state index is 0.0428. The number of nitrogens with one attached hydrogen (secondary N) is 1. The van der Waals surface area contributed by atoms with Crippen LogP contribution in [0.2, 0.25) is 0 Å². The molecule has 1 amide bonds. The van der Waals surface area contributed by atoms with Gasteiger partial charge in [-0.2, -0.15) is 0 Å². The summed E-state index contributed by atoms with van der Waals surface area (Å²) in [4.78, 5) is 21.4. The van der Waals surface area contributed by atoms with Gasteiger partial charge in [-0.15, -0.1) is 0 Å². The van der Waals surface area contributed by atoms with Crippen LogP contribution in [0, 0.1) is 0 Å². The predicted molar refractivity (Wildman–Crippen MR) is 114 cm³/mol. The summed E-state index contributed by atoms with van der Waals surface area (Å²) in [6.45, 7) is 9.65. The van der Waals surface area contributed by atoms with Gasteiger partial charge in [0.2, 0.25) is 0 Å². The molecule has 0 unspecified atom stereocenters. The highest BCUT2D eigenvalue weighted by atomic mass is 16.2. The van der Waals surface area contributed by atoms with Gasteiger partial charge in [0, 0.05) is 37.6 Å². The molecule has 2 aliphatic rings. The first-order valence-corrected chi connectivity index (χ1v) is 10.5. The van der Waals surface area contributed by atoms with Gasteiger partial charge in [0.25, 0.3) is 5.91 Å². The average molecular weight is 380 g/mol. The Morgan fingerprint density at radius 1 is 0.750 bits per heavy atom. The van der Waals surface area contributed by atoms with Crippen molar-refractivity contribution >= 4 is 17.3 Å². The molecule has 5 heteroatoms. The van der Waals surface area contributed by atoms with Crippen molar-refractivity contribution in [3.8, 4) is 0 Å². The Hall–Kier alpha value is -2.53. The highest BCUT2D eigenvalue weighted by molar-refractivity contribution is 5.80. The number of amides is 1. The van der Waals surface area contributed by atoms with Crippen molar-refractivity contribution in [2.45, 2.75) is 13.0 Å². The maximum Gasteiger partial charge on any atom is 0.280 e. The van der Waals surface area contributed by atoms with Gasteiger partial charge in [0.15, 0.2) is 6.04 Å². The number of carbonyl (C=O) groups is 1. The number of para-hydroxylation sites is 2. The Morgan fingerprint density at radius 2 is 1.21 bits per heavy atom. The van der Waals surface area contributed by atoms with E-state index in [1.165, 1.54) is 16.3 Å². The zero-order chi connectivity index (χ0) is 19.3. The normalized spacial score (nSPS) is 19.5. The third kappa shape index (κ3) is 4.14. The summed E-state index contributed by atoms with van der Waals surface area (Å²) < 4.78 is 0. The molecule has 2 fully saturated rings. The fourth-order valence-corrected chi connectivity index (χ4v) is 4.40. The molecule has 5 nitrogen and oxygen atoms in total. The number of piperazine rings is 2. The van der Waals surface area contributed by atoms with Crippen molar-refractivity contribution in [2.24, 2.45) is 0 Å². The van der Waals surface area contributed by atoms with Crippen LogP contribution in [-0.2, 0) is 4.79 Å². The zero-order valence-corrected chi connectivity index (χ0v) is 16.8. The molecule has 148 valence electrons. The molecular formula is C23H31N4O+. The number of nitrogens with zero attached hydrogens (tertiary/aromatic N) is 3. The highest BCUT2D eigenvalue weighted by Gasteiger charge is 2.33. The molecule has 4 rings (SSSR count). The largest absolute Gasteiger partial charge is 0.368 e. The minimum Gasteiger partial charge on any atom is -0.368 e. The van der Waals surface area contributed by atoms with Gasteiger partial charge in [-0.1, -0.05) is 36.4 Å². The highest BCUT2D eigenvalue weighted by Crippen LogP contribution is 2.16. The van der Waals surface area contributed by atoms with E-state index in [1.807, 2.05) is 6.07 Å². The summed E-state index contributed by atoms with van der Waals surface area (Å²) in [5.41, 5.74) is 2.54. The molecule has 0 aliphatic carbocycles. The van der Waals surface area contributed by atoms with Crippen LogP contribution >= 0.6 is 0 Å². The lowest BCUT2D eigenvalue weighted by atomic mass is 10.1. The molecule has 0 bridgehead atoms. The van der Waals surface area contributed by atoms with Crippen molar-refractivity contribution in [3.05, 3.63) is 60.7 Å². The minimum absolute atomic E-state index is 0.0428. The van der Waals surface area contributed by atoms with Crippen LogP contribution in [0.4, 0.5) is 11.4 Å². The van der Waals surface area contributed by atoms with Gasteiger partial charge >= 0.3 is 0 Å². The Balaban J connectivity index is 1.27. The lowest BCUT2D eigenvalue weighted by molar-refractivity contribution is -0.915. The first-order valence-electron chi connectivity index (χ1n) is 10.5. The van der Waals surface area contributed by atoms with Crippen LogP contribution in [-0.4, -0.2) is 69.2 Å². The number of carbonyl (C=O) groups excluding carboxylic acids is 1. The number of benzene rings is 2. The molecule has 2 heterocycles. The second-order valence-electron chi connectivity index (χ2n) is 7.85. The predicted octanol–water partition coefficient (Wildman–Crippen LogP) is 1.13. The number of quaternary nitrogens is 1. The maximum atomic E-state index is 13.1. The van der Waals surface area contributed by atoms with Crippen molar-refractivity contribution in [2.75, 3.05) is 62.2 Å². The van der Waals surface area contributed by atoms with Gasteiger partial charge in [0.05, 0.1) is 26.2 Å². The van der Waals surface area contributed by atoms with E-state index in [2.05, 4.69) is 76.2 Å². The zero-order valence-electron chi connectivity index (χ0n) is 16.8. The van der Waals surface area contributed by atoms with Crippen LogP contribution in [0.5, 0.6) is 0 Å². The van der Waals surface area contributed by atoms with Crippen LogP contribution < -0.4 is 14.7 Å². The van der Waals surface area contributed by atoms with E-state index < -0.39 is 0 Å². The molecule has 1 N–H and O–H groups in total. The van der Waals surface area contributed by atoms with Crippen molar-refractivity contribution in [3.63, 3.8) is 0 Å². The lowest BCUT2D eigenvalue weighted by Crippen LogP contribution is -3.19. The Morgan fingerprint density at radius 3 is 1.71 bits per heavy atom. The fourth-order valence-electron chi connectivity index (χ4n) is 4.40. The second kappa shape index (κ2) is 8.65. The van der Waals surface area contributed by atoms with E-state index in [4.69, 9.17) is 0 Å². The summed E-state index contributed by atoms with van der Waals surface area (Å²) in [6, 6.07) is 21.1. The molecule has 2 saturated heterocycles. The monoisotopic (exact) mass is 379 g/mol. The Kier molecular flexibility index (Phi) is 5.81. The molecule has 0 spiro atoms. The van der Waals surface area contributed by atoms with E-state index in [9.17, 15) is 4.79 Å². The molecule has 1 atom stereocenters. The summed E-state index contributed by atoms with van der Waals surface area (Å²) in [7, 11) is 0. The van der Waals surface area contributed by atoms with E-state index in [0.29, 0.717) is 5.91 Å². The third-order valence-electron chi connectivity index (χ3n) is 6.22. The van der Waals surface area contributed by atoms with E-state index in [-0.39, 0.29) is 6.04 Å². The number of hydrogen-bond acceptors (Lipinski definition) is 3. The van der Waals surface area contributed by atoms with Gasteiger partial charge in [-0.25, -0.2) is 0 Å². The topological polar surface area (TPSA) is 31.2 Å². The first-order chi connectivity index (χ1) is 13.7. The first kappa shape index (κ1) is 18.8. The van der Waals surface area contributed by atoms with E-state index in [1.54, 1.807) is 0 Å². The molecule has 0 radical (unpaired) electrons. The van der Waals surface area contributed by atoms with Crippen LogP contribution in [0.3, 0.4) is 0 Å². The number of hydrogen-bond donors (Lipinski definition) is 1. The van der Waals surface area contributed by atoms with Gasteiger partial charge in [-0.05, 0) is 31.2 Å². The molecule has 2 aromatic rings. The fraction of sp³-hybridized carbons (Fsp3) is 0.435. The summed E-state index contributed by atoms with van der Waals surface area (Å²) in [6.07, 6.45) is 0. The number of anilines is 2. The Bertz CT molecular complexity index is 751. The van der Waals surface area contributed by atoms with Crippen molar-refractivity contribution < 1.29 is 9.69 Å². The summed E-state index contributed by atoms with van der Waals surface area (Å²) >= 11 is 0. The SMILES string of the molecule is C[C@@H](C(=O)N1CCN(c2ccccc2)CC1)[NH+]1CCN(c2ccccc2)CC1. The van der Waals surface area contributed by atoms with Gasteiger partial charge in [0.1, 0.15) is 0 Å². The summed E-state index contributed by atoms with van der Waals surface area (Å²) in [5.74, 6) is 0.316. The maximum absolute atomic E-state index is 13.1. The molecule has 2 aromatic carbocycles. The van der Waals surface area contributed by atoms with E-state index in [0.717, 1.165) is 52.4 Å². The third-order valence-corrected chi connectivity index (χ3v) is 6.22. The quantitative estimate of drug-likeness (QED) is 0.864. The second-order valence-corrected chi connectivity index (χ2v) is 7.85. The van der Waals surface area contributed by atoms with Gasteiger partial charge in [-0.3, -0.25) is 4.79 Å². The molecular weight excluding hydrogens is 348 g/mol. The summed E-state index contributed by atoms with van der Waals surface area (Å²) in [5, 5.41) is 0. The van der Waals surface area contributed by atoms with Crippen LogP contribution in [0.1, 0.15) is 6.92 Å². The van der Waals surface area contributed by atoms with Crippen molar-refractivity contribution in [1.82, 2.24) is 4.90 Å². The van der Waals surface area contributed by atoms with Crippen LogP contribution in [0.15, 0.2) is 60.7 Å². The molecule has 0 saturated carbocycles. The van der Waals surface area contributed by atoms with E-state index >= 15 is 0 Å². The molecule has 2 aliphatic heterocycles. The molecule has 28 heavy (non-hydrogen) atoms. The standard InChI is InChI=1S/C23H30N4O/c1-20(24-12-14-25(15-13-24)21-8-4-2-5-9-21)23(28)27-18-16-26(17-19-27)22-10-6-3-7-11-22/h2-11,20H,12-19H2,1H3/p+1/t20-/m0/s1. The molecule has 0 aromatic heterocycles.